The molecule has 21 heavy (non-hydrogen) atoms. The summed E-state index contributed by atoms with van der Waals surface area (Å²) in [7, 11) is -3.66. The van der Waals surface area contributed by atoms with Gasteiger partial charge in [-0.25, -0.2) is 12.8 Å². The highest BCUT2D eigenvalue weighted by molar-refractivity contribution is 7.91. The van der Waals surface area contributed by atoms with Crippen LogP contribution in [0, 0.1) is 17.1 Å². The Bertz CT molecular complexity index is 838. The lowest BCUT2D eigenvalue weighted by molar-refractivity contribution is 0.233. The van der Waals surface area contributed by atoms with Crippen molar-refractivity contribution in [2.45, 2.75) is 10.8 Å². The van der Waals surface area contributed by atoms with Crippen molar-refractivity contribution in [3.05, 3.63) is 35.6 Å². The van der Waals surface area contributed by atoms with Crippen molar-refractivity contribution < 1.29 is 21.6 Å². The number of nitrogens with zero attached hydrogens (tertiary/aromatic N) is 3. The molecule has 0 fully saturated rings. The first-order valence-electron chi connectivity index (χ1n) is 5.53. The van der Waals surface area contributed by atoms with Crippen LogP contribution in [0.4, 0.5) is 13.2 Å². The fraction of sp³-hybridized carbons (Fsp3) is 0.167. The van der Waals surface area contributed by atoms with Crippen molar-refractivity contribution in [3.63, 3.8) is 0 Å². The van der Waals surface area contributed by atoms with Gasteiger partial charge in [0.05, 0.1) is 17.3 Å². The number of hydrogen-bond donors (Lipinski definition) is 0. The van der Waals surface area contributed by atoms with Crippen LogP contribution in [0.1, 0.15) is 5.56 Å². The molecule has 2 rings (SSSR count). The van der Waals surface area contributed by atoms with Gasteiger partial charge in [0.1, 0.15) is 5.82 Å². The molecule has 0 unspecified atom stereocenters. The molecule has 9 heteroatoms. The summed E-state index contributed by atoms with van der Waals surface area (Å²) in [6, 6.07) is 6.10. The maximum atomic E-state index is 13.8. The standard InChI is InChI=1S/C12H8F3N3O2S/c1-18-11(21(19,20)12(14)15)5-10(17-18)8-3-2-7(6-16)4-9(8)13/h2-5,12H,1H3. The minimum absolute atomic E-state index is 0.0765. The van der Waals surface area contributed by atoms with E-state index in [-0.39, 0.29) is 16.8 Å². The summed E-state index contributed by atoms with van der Waals surface area (Å²) in [6.07, 6.45) is 0. The zero-order chi connectivity index (χ0) is 15.8. The van der Waals surface area contributed by atoms with Crippen molar-refractivity contribution >= 4 is 9.84 Å². The predicted octanol–water partition coefficient (Wildman–Crippen LogP) is 2.09. The minimum atomic E-state index is -4.83. The molecular formula is C12H8F3N3O2S. The van der Waals surface area contributed by atoms with Crippen LogP contribution in [0.15, 0.2) is 29.3 Å². The maximum Gasteiger partial charge on any atom is 0.342 e. The van der Waals surface area contributed by atoms with Crippen molar-refractivity contribution in [1.82, 2.24) is 9.78 Å². The normalized spacial score (nSPS) is 11.6. The number of hydrogen-bond acceptors (Lipinski definition) is 4. The zero-order valence-electron chi connectivity index (χ0n) is 10.6. The Morgan fingerprint density at radius 3 is 2.52 bits per heavy atom. The van der Waals surface area contributed by atoms with Gasteiger partial charge in [-0.15, -0.1) is 0 Å². The third kappa shape index (κ3) is 2.62. The van der Waals surface area contributed by atoms with E-state index < -0.39 is 26.4 Å². The van der Waals surface area contributed by atoms with E-state index in [1.165, 1.54) is 19.2 Å². The van der Waals surface area contributed by atoms with Crippen LogP contribution < -0.4 is 0 Å². The maximum absolute atomic E-state index is 13.8. The topological polar surface area (TPSA) is 75.8 Å². The molecule has 0 radical (unpaired) electrons. The van der Waals surface area contributed by atoms with Crippen LogP contribution in [0.25, 0.3) is 11.3 Å². The number of aromatic nitrogens is 2. The summed E-state index contributed by atoms with van der Waals surface area (Å²) < 4.78 is 62.5. The molecule has 0 spiro atoms. The average molecular weight is 315 g/mol. The van der Waals surface area contributed by atoms with Gasteiger partial charge in [0.15, 0.2) is 5.03 Å². The van der Waals surface area contributed by atoms with E-state index in [2.05, 4.69) is 5.10 Å². The Balaban J connectivity index is 2.57. The first kappa shape index (κ1) is 15.1. The Kier molecular flexibility index (Phi) is 3.74. The van der Waals surface area contributed by atoms with Gasteiger partial charge in [0, 0.05) is 18.7 Å². The quantitative estimate of drug-likeness (QED) is 0.869. The van der Waals surface area contributed by atoms with Gasteiger partial charge < -0.3 is 0 Å². The van der Waals surface area contributed by atoms with Gasteiger partial charge in [-0.1, -0.05) is 0 Å². The van der Waals surface area contributed by atoms with Crippen molar-refractivity contribution in [2.75, 3.05) is 0 Å². The van der Waals surface area contributed by atoms with E-state index in [1.54, 1.807) is 6.07 Å². The lowest BCUT2D eigenvalue weighted by Crippen LogP contribution is -2.15. The van der Waals surface area contributed by atoms with Crippen LogP contribution in [0.2, 0.25) is 0 Å². The molecule has 1 heterocycles. The molecular weight excluding hydrogens is 307 g/mol. The van der Waals surface area contributed by atoms with Gasteiger partial charge in [-0.3, -0.25) is 4.68 Å². The van der Waals surface area contributed by atoms with Crippen LogP contribution in [0.3, 0.4) is 0 Å². The second-order valence-electron chi connectivity index (χ2n) is 4.10. The molecule has 0 saturated carbocycles. The third-order valence-electron chi connectivity index (χ3n) is 2.74. The average Bonchev–Trinajstić information content (AvgIpc) is 2.80. The third-order valence-corrected chi connectivity index (χ3v) is 4.17. The summed E-state index contributed by atoms with van der Waals surface area (Å²) in [4.78, 5) is 0. The van der Waals surface area contributed by atoms with Gasteiger partial charge >= 0.3 is 5.76 Å². The van der Waals surface area contributed by atoms with Crippen LogP contribution in [-0.4, -0.2) is 24.0 Å². The minimum Gasteiger partial charge on any atom is -0.256 e. The molecule has 0 atom stereocenters. The van der Waals surface area contributed by atoms with Crippen LogP contribution in [0.5, 0.6) is 0 Å². The summed E-state index contributed by atoms with van der Waals surface area (Å²) in [5.74, 6) is -4.39. The smallest absolute Gasteiger partial charge is 0.256 e. The second kappa shape index (κ2) is 5.21. The zero-order valence-corrected chi connectivity index (χ0v) is 11.4. The lowest BCUT2D eigenvalue weighted by atomic mass is 10.1. The number of alkyl halides is 2. The van der Waals surface area contributed by atoms with Crippen LogP contribution >= 0.6 is 0 Å². The van der Waals surface area contributed by atoms with Gasteiger partial charge in [-0.05, 0) is 18.2 Å². The fourth-order valence-corrected chi connectivity index (χ4v) is 2.60. The molecule has 1 aromatic carbocycles. The highest BCUT2D eigenvalue weighted by Gasteiger charge is 2.30. The van der Waals surface area contributed by atoms with Gasteiger partial charge in [0.25, 0.3) is 9.84 Å². The second-order valence-corrected chi connectivity index (χ2v) is 5.97. The molecule has 0 amide bonds. The summed E-state index contributed by atoms with van der Waals surface area (Å²) in [5, 5.41) is 11.7. The Hall–Kier alpha value is -2.34. The molecule has 2 aromatic rings. The molecule has 0 N–H and O–H groups in total. The number of nitriles is 1. The first-order chi connectivity index (χ1) is 9.77. The molecule has 0 saturated heterocycles. The Labute approximate surface area is 118 Å². The number of aryl methyl sites for hydroxylation is 1. The van der Waals surface area contributed by atoms with E-state index >= 15 is 0 Å². The number of rotatable bonds is 3. The van der Waals surface area contributed by atoms with E-state index in [0.29, 0.717) is 0 Å². The van der Waals surface area contributed by atoms with Crippen LogP contribution in [-0.2, 0) is 16.9 Å². The Morgan fingerprint density at radius 1 is 1.33 bits per heavy atom. The van der Waals surface area contributed by atoms with Gasteiger partial charge in [-0.2, -0.15) is 19.1 Å². The molecule has 0 aliphatic carbocycles. The van der Waals surface area contributed by atoms with Crippen molar-refractivity contribution in [1.29, 1.82) is 5.26 Å². The number of benzene rings is 1. The highest BCUT2D eigenvalue weighted by atomic mass is 32.2. The molecule has 110 valence electrons. The molecule has 0 aliphatic heterocycles. The molecule has 0 aliphatic rings. The summed E-state index contributed by atoms with van der Waals surface area (Å²) in [6.45, 7) is 0. The number of sulfone groups is 1. The fourth-order valence-electron chi connectivity index (χ4n) is 1.73. The Morgan fingerprint density at radius 2 is 2.00 bits per heavy atom. The molecule has 0 bridgehead atoms. The lowest BCUT2D eigenvalue weighted by Gasteiger charge is -2.01. The van der Waals surface area contributed by atoms with E-state index in [9.17, 15) is 21.6 Å². The van der Waals surface area contributed by atoms with Gasteiger partial charge in [0.2, 0.25) is 0 Å². The van der Waals surface area contributed by atoms with E-state index in [0.717, 1.165) is 16.8 Å². The largest absolute Gasteiger partial charge is 0.342 e. The summed E-state index contributed by atoms with van der Waals surface area (Å²) >= 11 is 0. The summed E-state index contributed by atoms with van der Waals surface area (Å²) in [5.41, 5.74) is -0.119. The molecule has 1 aromatic heterocycles. The highest BCUT2D eigenvalue weighted by Crippen LogP contribution is 2.26. The SMILES string of the molecule is Cn1nc(-c2ccc(C#N)cc2F)cc1S(=O)(=O)C(F)F. The van der Waals surface area contributed by atoms with E-state index in [1.807, 2.05) is 0 Å². The van der Waals surface area contributed by atoms with E-state index in [4.69, 9.17) is 5.26 Å². The van der Waals surface area contributed by atoms with Crippen molar-refractivity contribution in [2.24, 2.45) is 7.05 Å². The first-order valence-corrected chi connectivity index (χ1v) is 7.08. The number of halogens is 3. The monoisotopic (exact) mass is 315 g/mol. The predicted molar refractivity (Wildman–Crippen MR) is 66.5 cm³/mol. The molecule has 5 nitrogen and oxygen atoms in total. The van der Waals surface area contributed by atoms with Crippen molar-refractivity contribution in [3.8, 4) is 17.3 Å².